The van der Waals surface area contributed by atoms with E-state index in [4.69, 9.17) is 27.9 Å². The van der Waals surface area contributed by atoms with Gasteiger partial charge in [0.15, 0.2) is 0 Å². The minimum absolute atomic E-state index is 0.427. The number of aryl methyl sites for hydroxylation is 1. The normalized spacial score (nSPS) is 10.4. The molecule has 0 saturated carbocycles. The number of para-hydroxylation sites is 1. The van der Waals surface area contributed by atoms with Crippen molar-refractivity contribution in [3.05, 3.63) is 63.6 Å². The molecule has 0 spiro atoms. The van der Waals surface area contributed by atoms with Gasteiger partial charge in [-0.3, -0.25) is 0 Å². The van der Waals surface area contributed by atoms with Gasteiger partial charge in [-0.05, 0) is 24.1 Å². The quantitative estimate of drug-likeness (QED) is 0.754. The Morgan fingerprint density at radius 2 is 1.67 bits per heavy atom. The van der Waals surface area contributed by atoms with Crippen LogP contribution in [0.15, 0.2) is 42.5 Å². The van der Waals surface area contributed by atoms with Crippen LogP contribution in [0.25, 0.3) is 0 Å². The summed E-state index contributed by atoms with van der Waals surface area (Å²) < 4.78 is 5.81. The van der Waals surface area contributed by atoms with Crippen LogP contribution in [-0.2, 0) is 13.0 Å². The van der Waals surface area contributed by atoms with Gasteiger partial charge in [-0.2, -0.15) is 0 Å². The number of ether oxygens (including phenoxy) is 1. The van der Waals surface area contributed by atoms with E-state index in [0.29, 0.717) is 16.7 Å². The predicted octanol–water partition coefficient (Wildman–Crippen LogP) is 5.13. The number of rotatable bonds is 4. The summed E-state index contributed by atoms with van der Waals surface area (Å²) in [7, 11) is 0. The van der Waals surface area contributed by atoms with Crippen molar-refractivity contribution in [2.75, 3.05) is 0 Å². The maximum Gasteiger partial charge on any atom is 0.122 e. The Bertz CT molecular complexity index is 538. The third kappa shape index (κ3) is 2.98. The summed E-state index contributed by atoms with van der Waals surface area (Å²) in [5.41, 5.74) is 2.09. The topological polar surface area (TPSA) is 9.23 Å². The van der Waals surface area contributed by atoms with Crippen molar-refractivity contribution < 1.29 is 4.74 Å². The molecule has 0 saturated heterocycles. The minimum atomic E-state index is 0.427. The average Bonchev–Trinajstić information content (AvgIpc) is 2.41. The average molecular weight is 281 g/mol. The van der Waals surface area contributed by atoms with Gasteiger partial charge in [0.1, 0.15) is 12.4 Å². The van der Waals surface area contributed by atoms with Gasteiger partial charge in [0.05, 0.1) is 10.0 Å². The van der Waals surface area contributed by atoms with Crippen molar-refractivity contribution in [1.29, 1.82) is 0 Å². The van der Waals surface area contributed by atoms with Gasteiger partial charge in [0, 0.05) is 5.56 Å². The Labute approximate surface area is 117 Å². The number of hydrogen-bond donors (Lipinski definition) is 0. The third-order valence-corrected chi connectivity index (χ3v) is 3.63. The predicted molar refractivity (Wildman–Crippen MR) is 76.6 cm³/mol. The van der Waals surface area contributed by atoms with E-state index in [9.17, 15) is 0 Å². The van der Waals surface area contributed by atoms with Gasteiger partial charge >= 0.3 is 0 Å². The largest absolute Gasteiger partial charge is 0.489 e. The molecule has 0 radical (unpaired) electrons. The second-order valence-corrected chi connectivity index (χ2v) is 4.75. The minimum Gasteiger partial charge on any atom is -0.489 e. The molecule has 0 amide bonds. The van der Waals surface area contributed by atoms with Gasteiger partial charge in [-0.25, -0.2) is 0 Å². The zero-order valence-electron chi connectivity index (χ0n) is 10.1. The standard InChI is InChI=1S/C15H14Cl2O/c1-2-11-6-3-4-9-14(11)18-10-12-7-5-8-13(16)15(12)17/h3-9H,2,10H2,1H3. The molecule has 0 aliphatic heterocycles. The number of benzene rings is 2. The summed E-state index contributed by atoms with van der Waals surface area (Å²) in [4.78, 5) is 0. The molecule has 0 unspecified atom stereocenters. The fourth-order valence-corrected chi connectivity index (χ4v) is 2.13. The summed E-state index contributed by atoms with van der Waals surface area (Å²) in [6.45, 7) is 2.53. The van der Waals surface area contributed by atoms with Gasteiger partial charge in [0.2, 0.25) is 0 Å². The molecule has 0 fully saturated rings. The van der Waals surface area contributed by atoms with E-state index >= 15 is 0 Å². The van der Waals surface area contributed by atoms with Crippen LogP contribution in [-0.4, -0.2) is 0 Å². The molecular weight excluding hydrogens is 267 g/mol. The van der Waals surface area contributed by atoms with Crippen LogP contribution in [0.3, 0.4) is 0 Å². The zero-order chi connectivity index (χ0) is 13.0. The first-order valence-electron chi connectivity index (χ1n) is 5.86. The number of hydrogen-bond acceptors (Lipinski definition) is 1. The Morgan fingerprint density at radius 3 is 2.44 bits per heavy atom. The first-order valence-corrected chi connectivity index (χ1v) is 6.61. The lowest BCUT2D eigenvalue weighted by molar-refractivity contribution is 0.303. The highest BCUT2D eigenvalue weighted by molar-refractivity contribution is 6.42. The Balaban J connectivity index is 2.14. The van der Waals surface area contributed by atoms with Crippen molar-refractivity contribution in [3.63, 3.8) is 0 Å². The highest BCUT2D eigenvalue weighted by Crippen LogP contribution is 2.27. The molecule has 3 heteroatoms. The molecule has 1 nitrogen and oxygen atoms in total. The first kappa shape index (κ1) is 13.3. The molecule has 2 aromatic carbocycles. The summed E-state index contributed by atoms with van der Waals surface area (Å²) >= 11 is 12.1. The molecule has 2 rings (SSSR count). The fraction of sp³-hybridized carbons (Fsp3) is 0.200. The molecule has 94 valence electrons. The molecule has 0 bridgehead atoms. The van der Waals surface area contributed by atoms with Crippen LogP contribution >= 0.6 is 23.2 Å². The molecule has 0 heterocycles. The molecule has 0 N–H and O–H groups in total. The smallest absolute Gasteiger partial charge is 0.122 e. The van der Waals surface area contributed by atoms with Gasteiger partial charge in [-0.1, -0.05) is 60.5 Å². The molecule has 0 aliphatic rings. The lowest BCUT2D eigenvalue weighted by Gasteiger charge is -2.11. The van der Waals surface area contributed by atoms with Crippen molar-refractivity contribution in [1.82, 2.24) is 0 Å². The van der Waals surface area contributed by atoms with Crippen LogP contribution in [0.5, 0.6) is 5.75 Å². The lowest BCUT2D eigenvalue weighted by atomic mass is 10.1. The summed E-state index contributed by atoms with van der Waals surface area (Å²) in [6.07, 6.45) is 0.944. The van der Waals surface area contributed by atoms with Crippen LogP contribution in [0.1, 0.15) is 18.1 Å². The lowest BCUT2D eigenvalue weighted by Crippen LogP contribution is -1.99. The molecule has 18 heavy (non-hydrogen) atoms. The summed E-state index contributed by atoms with van der Waals surface area (Å²) in [6, 6.07) is 13.6. The summed E-state index contributed by atoms with van der Waals surface area (Å²) in [5.74, 6) is 0.899. The Morgan fingerprint density at radius 1 is 0.944 bits per heavy atom. The Kier molecular flexibility index (Phi) is 4.51. The van der Waals surface area contributed by atoms with E-state index in [0.717, 1.165) is 17.7 Å². The highest BCUT2D eigenvalue weighted by Gasteiger charge is 2.06. The van der Waals surface area contributed by atoms with E-state index in [1.807, 2.05) is 30.3 Å². The van der Waals surface area contributed by atoms with Crippen LogP contribution in [0, 0.1) is 0 Å². The maximum atomic E-state index is 6.12. The van der Waals surface area contributed by atoms with Crippen molar-refractivity contribution >= 4 is 23.2 Å². The van der Waals surface area contributed by atoms with E-state index in [1.165, 1.54) is 5.56 Å². The first-order chi connectivity index (χ1) is 8.72. The van der Waals surface area contributed by atoms with Crippen molar-refractivity contribution in [2.45, 2.75) is 20.0 Å². The van der Waals surface area contributed by atoms with Crippen LogP contribution in [0.4, 0.5) is 0 Å². The van der Waals surface area contributed by atoms with E-state index < -0.39 is 0 Å². The molecule has 2 aromatic rings. The zero-order valence-corrected chi connectivity index (χ0v) is 11.6. The summed E-state index contributed by atoms with van der Waals surface area (Å²) in [5, 5.41) is 1.12. The van der Waals surface area contributed by atoms with E-state index in [2.05, 4.69) is 13.0 Å². The van der Waals surface area contributed by atoms with E-state index in [-0.39, 0.29) is 0 Å². The van der Waals surface area contributed by atoms with Crippen LogP contribution in [0.2, 0.25) is 10.0 Å². The Hall–Kier alpha value is -1.18. The van der Waals surface area contributed by atoms with Crippen molar-refractivity contribution in [3.8, 4) is 5.75 Å². The molecule has 0 atom stereocenters. The van der Waals surface area contributed by atoms with Gasteiger partial charge in [-0.15, -0.1) is 0 Å². The SMILES string of the molecule is CCc1ccccc1OCc1cccc(Cl)c1Cl. The van der Waals surface area contributed by atoms with Crippen LogP contribution < -0.4 is 4.74 Å². The molecule has 0 aliphatic carbocycles. The second kappa shape index (κ2) is 6.12. The van der Waals surface area contributed by atoms with E-state index in [1.54, 1.807) is 6.07 Å². The molecule has 0 aromatic heterocycles. The highest BCUT2D eigenvalue weighted by atomic mass is 35.5. The second-order valence-electron chi connectivity index (χ2n) is 3.96. The number of halogens is 2. The maximum absolute atomic E-state index is 6.12. The molecular formula is C15H14Cl2O. The monoisotopic (exact) mass is 280 g/mol. The van der Waals surface area contributed by atoms with Gasteiger partial charge < -0.3 is 4.74 Å². The van der Waals surface area contributed by atoms with Gasteiger partial charge in [0.25, 0.3) is 0 Å². The fourth-order valence-electron chi connectivity index (χ4n) is 1.75. The third-order valence-electron chi connectivity index (χ3n) is 2.77. The van der Waals surface area contributed by atoms with Crippen molar-refractivity contribution in [2.24, 2.45) is 0 Å².